The van der Waals surface area contributed by atoms with Gasteiger partial charge in [0.1, 0.15) is 6.61 Å². The first-order valence-electron chi connectivity index (χ1n) is 4.20. The highest BCUT2D eigenvalue weighted by Gasteiger charge is 2.45. The van der Waals surface area contributed by atoms with E-state index in [-0.39, 0.29) is 12.8 Å². The summed E-state index contributed by atoms with van der Waals surface area (Å²) in [6.45, 7) is 0.788. The van der Waals surface area contributed by atoms with Crippen molar-refractivity contribution >= 4 is 5.78 Å². The van der Waals surface area contributed by atoms with Crippen molar-refractivity contribution in [3.63, 3.8) is 0 Å². The van der Waals surface area contributed by atoms with Crippen LogP contribution < -0.4 is 0 Å². The van der Waals surface area contributed by atoms with E-state index < -0.39 is 30.4 Å². The highest BCUT2D eigenvalue weighted by molar-refractivity contribution is 5.88. The summed E-state index contributed by atoms with van der Waals surface area (Å²) in [6.07, 6.45) is -1.39. The van der Waals surface area contributed by atoms with Crippen LogP contribution in [0.15, 0.2) is 0 Å². The maximum Gasteiger partial charge on any atom is 0.192 e. The number of carbonyl (C=O) groups is 1. The van der Waals surface area contributed by atoms with Crippen molar-refractivity contribution in [2.75, 3.05) is 6.61 Å². The van der Waals surface area contributed by atoms with Gasteiger partial charge >= 0.3 is 0 Å². The summed E-state index contributed by atoms with van der Waals surface area (Å²) in [5.41, 5.74) is -1.64. The average molecular weight is 190 g/mol. The smallest absolute Gasteiger partial charge is 0.192 e. The normalized spacial score (nSPS) is 40.3. The van der Waals surface area contributed by atoms with Crippen molar-refractivity contribution in [3.05, 3.63) is 0 Å². The first-order chi connectivity index (χ1) is 6.00. The van der Waals surface area contributed by atoms with Gasteiger partial charge in [-0.15, -0.1) is 0 Å². The molecule has 1 aliphatic heterocycles. The summed E-state index contributed by atoms with van der Waals surface area (Å²) >= 11 is 0. The highest BCUT2D eigenvalue weighted by Crippen LogP contribution is 2.28. The zero-order valence-electron chi connectivity index (χ0n) is 7.43. The standard InChI is InChI=1S/C8H14O5/c1-5-8(12,6(10)4-9)3-2-7(11)13-5/h5,7,9,11-12H,2-4H2,1H3. The Morgan fingerprint density at radius 1 is 1.69 bits per heavy atom. The molecule has 1 fully saturated rings. The Bertz CT molecular complexity index is 205. The van der Waals surface area contributed by atoms with Crippen LogP contribution in [0, 0.1) is 0 Å². The molecule has 0 bridgehead atoms. The summed E-state index contributed by atoms with van der Waals surface area (Å²) in [4.78, 5) is 11.1. The summed E-state index contributed by atoms with van der Waals surface area (Å²) < 4.78 is 4.90. The van der Waals surface area contributed by atoms with E-state index in [1.807, 2.05) is 0 Å². The van der Waals surface area contributed by atoms with Crippen molar-refractivity contribution < 1.29 is 24.9 Å². The molecular weight excluding hydrogens is 176 g/mol. The third-order valence-electron chi connectivity index (χ3n) is 2.43. The molecule has 0 aliphatic carbocycles. The number of rotatable bonds is 2. The lowest BCUT2D eigenvalue weighted by atomic mass is 9.85. The quantitative estimate of drug-likeness (QED) is 0.509. The zero-order chi connectivity index (χ0) is 10.1. The Hall–Kier alpha value is -0.490. The van der Waals surface area contributed by atoms with E-state index in [1.54, 1.807) is 0 Å². The molecule has 1 saturated heterocycles. The average Bonchev–Trinajstić information content (AvgIpc) is 2.11. The van der Waals surface area contributed by atoms with Gasteiger partial charge in [-0.25, -0.2) is 0 Å². The van der Waals surface area contributed by atoms with Gasteiger partial charge in [-0.1, -0.05) is 0 Å². The molecule has 3 unspecified atom stereocenters. The third-order valence-corrected chi connectivity index (χ3v) is 2.43. The molecule has 0 radical (unpaired) electrons. The number of hydrogen-bond acceptors (Lipinski definition) is 5. The lowest BCUT2D eigenvalue weighted by molar-refractivity contribution is -0.226. The number of aliphatic hydroxyl groups is 3. The third kappa shape index (κ3) is 1.88. The van der Waals surface area contributed by atoms with E-state index in [2.05, 4.69) is 0 Å². The molecule has 0 aromatic heterocycles. The van der Waals surface area contributed by atoms with Crippen LogP contribution in [0.5, 0.6) is 0 Å². The second kappa shape index (κ2) is 3.71. The largest absolute Gasteiger partial charge is 0.388 e. The van der Waals surface area contributed by atoms with Gasteiger partial charge in [0.15, 0.2) is 17.7 Å². The molecule has 1 aliphatic rings. The van der Waals surface area contributed by atoms with Crippen LogP contribution in [0.3, 0.4) is 0 Å². The van der Waals surface area contributed by atoms with E-state index in [9.17, 15) is 9.90 Å². The SMILES string of the molecule is CC1OC(O)CCC1(O)C(=O)CO. The summed E-state index contributed by atoms with van der Waals surface area (Å²) in [7, 11) is 0. The molecular formula is C8H14O5. The van der Waals surface area contributed by atoms with Gasteiger partial charge < -0.3 is 20.1 Å². The molecule has 0 aromatic rings. The molecule has 1 rings (SSSR count). The molecule has 0 aromatic carbocycles. The highest BCUT2D eigenvalue weighted by atomic mass is 16.6. The van der Waals surface area contributed by atoms with Crippen LogP contribution in [0.2, 0.25) is 0 Å². The minimum absolute atomic E-state index is 0.120. The minimum atomic E-state index is -1.64. The maximum absolute atomic E-state index is 11.1. The van der Waals surface area contributed by atoms with Gasteiger partial charge in [0.05, 0.1) is 6.10 Å². The number of ether oxygens (including phenoxy) is 1. The van der Waals surface area contributed by atoms with Gasteiger partial charge in [0.25, 0.3) is 0 Å². The Kier molecular flexibility index (Phi) is 3.02. The number of ketones is 1. The Balaban J connectivity index is 2.73. The molecule has 3 atom stereocenters. The van der Waals surface area contributed by atoms with Gasteiger partial charge in [-0.2, -0.15) is 0 Å². The minimum Gasteiger partial charge on any atom is -0.388 e. The van der Waals surface area contributed by atoms with Crippen molar-refractivity contribution in [1.29, 1.82) is 0 Å². The van der Waals surface area contributed by atoms with Gasteiger partial charge in [-0.3, -0.25) is 4.79 Å². The van der Waals surface area contributed by atoms with Crippen LogP contribution in [0.25, 0.3) is 0 Å². The Morgan fingerprint density at radius 3 is 2.77 bits per heavy atom. The summed E-state index contributed by atoms with van der Waals surface area (Å²) in [5, 5.41) is 27.4. The number of Topliss-reactive ketones (excluding diaryl/α,β-unsaturated/α-hetero) is 1. The van der Waals surface area contributed by atoms with E-state index in [0.29, 0.717) is 0 Å². The molecule has 76 valence electrons. The first kappa shape index (κ1) is 10.6. The lowest BCUT2D eigenvalue weighted by Crippen LogP contribution is -2.55. The fourth-order valence-electron chi connectivity index (χ4n) is 1.47. The van der Waals surface area contributed by atoms with Crippen molar-refractivity contribution in [3.8, 4) is 0 Å². The fraction of sp³-hybridized carbons (Fsp3) is 0.875. The molecule has 13 heavy (non-hydrogen) atoms. The van der Waals surface area contributed by atoms with Gasteiger partial charge in [-0.05, 0) is 13.3 Å². The molecule has 5 nitrogen and oxygen atoms in total. The predicted octanol–water partition coefficient (Wildman–Crippen LogP) is -1.20. The second-order valence-corrected chi connectivity index (χ2v) is 3.28. The first-order valence-corrected chi connectivity index (χ1v) is 4.20. The van der Waals surface area contributed by atoms with Crippen LogP contribution >= 0.6 is 0 Å². The topological polar surface area (TPSA) is 87.0 Å². The Morgan fingerprint density at radius 2 is 2.31 bits per heavy atom. The van der Waals surface area contributed by atoms with Gasteiger partial charge in [0, 0.05) is 6.42 Å². The Labute approximate surface area is 75.9 Å². The van der Waals surface area contributed by atoms with E-state index in [0.717, 1.165) is 0 Å². The number of carbonyl (C=O) groups excluding carboxylic acids is 1. The molecule has 1 heterocycles. The fourth-order valence-corrected chi connectivity index (χ4v) is 1.47. The van der Waals surface area contributed by atoms with Crippen LogP contribution in [0.4, 0.5) is 0 Å². The second-order valence-electron chi connectivity index (χ2n) is 3.28. The van der Waals surface area contributed by atoms with Crippen molar-refractivity contribution in [1.82, 2.24) is 0 Å². The van der Waals surface area contributed by atoms with E-state index >= 15 is 0 Å². The summed E-state index contributed by atoms with van der Waals surface area (Å²) in [5.74, 6) is -0.660. The molecule has 0 spiro atoms. The van der Waals surface area contributed by atoms with E-state index in [4.69, 9.17) is 14.9 Å². The van der Waals surface area contributed by atoms with Crippen LogP contribution in [-0.4, -0.2) is 45.7 Å². The maximum atomic E-state index is 11.1. The van der Waals surface area contributed by atoms with Crippen LogP contribution in [-0.2, 0) is 9.53 Å². The lowest BCUT2D eigenvalue weighted by Gasteiger charge is -2.38. The molecule has 5 heteroatoms. The summed E-state index contributed by atoms with van der Waals surface area (Å²) in [6, 6.07) is 0. The van der Waals surface area contributed by atoms with Crippen LogP contribution in [0.1, 0.15) is 19.8 Å². The predicted molar refractivity (Wildman–Crippen MR) is 42.8 cm³/mol. The van der Waals surface area contributed by atoms with Crippen molar-refractivity contribution in [2.45, 2.75) is 37.8 Å². The number of aliphatic hydroxyl groups excluding tert-OH is 2. The van der Waals surface area contributed by atoms with Gasteiger partial charge in [0.2, 0.25) is 0 Å². The number of hydrogen-bond donors (Lipinski definition) is 3. The zero-order valence-corrected chi connectivity index (χ0v) is 7.43. The molecule has 3 N–H and O–H groups in total. The van der Waals surface area contributed by atoms with Crippen molar-refractivity contribution in [2.24, 2.45) is 0 Å². The monoisotopic (exact) mass is 190 g/mol. The molecule has 0 amide bonds. The van der Waals surface area contributed by atoms with E-state index in [1.165, 1.54) is 6.92 Å². The molecule has 0 saturated carbocycles.